The SMILES string of the molecule is CC(C)NC(=O)CSc1nc(Cl)cc(N(C)C2CCN(C)CC2)n1. The first-order valence-electron chi connectivity index (χ1n) is 8.23. The summed E-state index contributed by atoms with van der Waals surface area (Å²) in [5.41, 5.74) is 0. The third kappa shape index (κ3) is 5.79. The molecule has 8 heteroatoms. The number of carbonyl (C=O) groups is 1. The van der Waals surface area contributed by atoms with Gasteiger partial charge in [0.1, 0.15) is 11.0 Å². The minimum Gasteiger partial charge on any atom is -0.356 e. The Bertz CT molecular complexity index is 563. The van der Waals surface area contributed by atoms with E-state index in [0.29, 0.717) is 16.4 Å². The molecule has 2 heterocycles. The van der Waals surface area contributed by atoms with Crippen LogP contribution in [0.4, 0.5) is 5.82 Å². The maximum absolute atomic E-state index is 11.8. The smallest absolute Gasteiger partial charge is 0.230 e. The first kappa shape index (κ1) is 19.3. The van der Waals surface area contributed by atoms with Crippen molar-refractivity contribution in [3.05, 3.63) is 11.2 Å². The quantitative estimate of drug-likeness (QED) is 0.470. The lowest BCUT2D eigenvalue weighted by atomic mass is 10.0. The summed E-state index contributed by atoms with van der Waals surface area (Å²) in [5.74, 6) is 1.08. The van der Waals surface area contributed by atoms with Crippen LogP contribution in [0.1, 0.15) is 26.7 Å². The summed E-state index contributed by atoms with van der Waals surface area (Å²) in [5, 5.41) is 3.80. The topological polar surface area (TPSA) is 61.4 Å². The van der Waals surface area contributed by atoms with Crippen LogP contribution in [0.15, 0.2) is 11.2 Å². The number of nitrogens with one attached hydrogen (secondary N) is 1. The highest BCUT2D eigenvalue weighted by molar-refractivity contribution is 7.99. The Morgan fingerprint density at radius 2 is 2.12 bits per heavy atom. The summed E-state index contributed by atoms with van der Waals surface area (Å²) >= 11 is 7.47. The number of piperidine rings is 1. The number of carbonyl (C=O) groups excluding carboxylic acids is 1. The van der Waals surface area contributed by atoms with Crippen molar-refractivity contribution in [1.29, 1.82) is 0 Å². The molecule has 1 aliphatic rings. The van der Waals surface area contributed by atoms with Crippen LogP contribution in [0.3, 0.4) is 0 Å². The molecule has 0 radical (unpaired) electrons. The molecule has 0 aliphatic carbocycles. The van der Waals surface area contributed by atoms with E-state index in [-0.39, 0.29) is 17.7 Å². The van der Waals surface area contributed by atoms with Gasteiger partial charge in [0.2, 0.25) is 5.91 Å². The fourth-order valence-corrected chi connectivity index (χ4v) is 3.59. The van der Waals surface area contributed by atoms with Crippen molar-refractivity contribution >= 4 is 35.1 Å². The number of anilines is 1. The molecular formula is C16H26ClN5OS. The van der Waals surface area contributed by atoms with Crippen LogP contribution >= 0.6 is 23.4 Å². The second kappa shape index (κ2) is 8.87. The van der Waals surface area contributed by atoms with Crippen LogP contribution in [0, 0.1) is 0 Å². The molecule has 1 amide bonds. The van der Waals surface area contributed by atoms with Gasteiger partial charge in [-0.05, 0) is 46.8 Å². The predicted molar refractivity (Wildman–Crippen MR) is 100.0 cm³/mol. The van der Waals surface area contributed by atoms with Gasteiger partial charge in [0.05, 0.1) is 5.75 Å². The van der Waals surface area contributed by atoms with E-state index in [4.69, 9.17) is 11.6 Å². The number of thioether (sulfide) groups is 1. The molecule has 6 nitrogen and oxygen atoms in total. The zero-order valence-electron chi connectivity index (χ0n) is 14.8. The Hall–Kier alpha value is -1.05. The minimum atomic E-state index is -0.0243. The highest BCUT2D eigenvalue weighted by Crippen LogP contribution is 2.25. The average Bonchev–Trinajstić information content (AvgIpc) is 2.52. The third-order valence-electron chi connectivity index (χ3n) is 4.04. The van der Waals surface area contributed by atoms with Crippen LogP contribution in [0.5, 0.6) is 0 Å². The summed E-state index contributed by atoms with van der Waals surface area (Å²) in [6, 6.07) is 2.37. The van der Waals surface area contributed by atoms with Crippen LogP contribution < -0.4 is 10.2 Å². The summed E-state index contributed by atoms with van der Waals surface area (Å²) in [7, 11) is 4.20. The molecule has 0 saturated carbocycles. The number of rotatable bonds is 6. The summed E-state index contributed by atoms with van der Waals surface area (Å²) in [4.78, 5) is 25.1. The maximum Gasteiger partial charge on any atom is 0.230 e. The van der Waals surface area contributed by atoms with Gasteiger partial charge in [-0.3, -0.25) is 4.79 Å². The first-order valence-corrected chi connectivity index (χ1v) is 9.59. The molecular weight excluding hydrogens is 346 g/mol. The summed E-state index contributed by atoms with van der Waals surface area (Å²) < 4.78 is 0. The molecule has 0 unspecified atom stereocenters. The van der Waals surface area contributed by atoms with E-state index < -0.39 is 0 Å². The van der Waals surface area contributed by atoms with E-state index in [2.05, 4.69) is 39.2 Å². The van der Waals surface area contributed by atoms with Crippen LogP contribution in [0.2, 0.25) is 5.15 Å². The fourth-order valence-electron chi connectivity index (χ4n) is 2.69. The number of amides is 1. The van der Waals surface area contributed by atoms with Gasteiger partial charge in [0.15, 0.2) is 5.16 Å². The highest BCUT2D eigenvalue weighted by atomic mass is 35.5. The molecule has 1 N–H and O–H groups in total. The molecule has 0 spiro atoms. The van der Waals surface area contributed by atoms with E-state index in [1.165, 1.54) is 11.8 Å². The Morgan fingerprint density at radius 3 is 2.75 bits per heavy atom. The maximum atomic E-state index is 11.8. The lowest BCUT2D eigenvalue weighted by molar-refractivity contribution is -0.119. The Kier molecular flexibility index (Phi) is 7.13. The fraction of sp³-hybridized carbons (Fsp3) is 0.688. The monoisotopic (exact) mass is 371 g/mol. The van der Waals surface area contributed by atoms with Crippen molar-refractivity contribution in [1.82, 2.24) is 20.2 Å². The van der Waals surface area contributed by atoms with Gasteiger partial charge in [0.25, 0.3) is 0 Å². The van der Waals surface area contributed by atoms with E-state index >= 15 is 0 Å². The number of hydrogen-bond donors (Lipinski definition) is 1. The van der Waals surface area contributed by atoms with Crippen LogP contribution in [-0.2, 0) is 4.79 Å². The standard InChI is InChI=1S/C16H26ClN5OS/c1-11(2)18-15(23)10-24-16-19-13(17)9-14(20-16)22(4)12-5-7-21(3)8-6-12/h9,11-12H,5-8,10H2,1-4H3,(H,18,23). The van der Waals surface area contributed by atoms with E-state index in [1.54, 1.807) is 6.07 Å². The Labute approximate surface area is 153 Å². The number of likely N-dealkylation sites (tertiary alicyclic amines) is 1. The molecule has 134 valence electrons. The minimum absolute atomic E-state index is 0.0243. The zero-order valence-corrected chi connectivity index (χ0v) is 16.3. The summed E-state index contributed by atoms with van der Waals surface area (Å²) in [6.07, 6.45) is 2.21. The van der Waals surface area contributed by atoms with Gasteiger partial charge in [0, 0.05) is 25.2 Å². The van der Waals surface area contributed by atoms with Crippen molar-refractivity contribution in [2.24, 2.45) is 0 Å². The van der Waals surface area contributed by atoms with Gasteiger partial charge in [-0.1, -0.05) is 23.4 Å². The molecule has 24 heavy (non-hydrogen) atoms. The molecule has 1 aliphatic heterocycles. The highest BCUT2D eigenvalue weighted by Gasteiger charge is 2.22. The zero-order chi connectivity index (χ0) is 17.7. The molecule has 1 fully saturated rings. The average molecular weight is 372 g/mol. The lowest BCUT2D eigenvalue weighted by Crippen LogP contribution is -2.42. The van der Waals surface area contributed by atoms with Crippen molar-refractivity contribution < 1.29 is 4.79 Å². The van der Waals surface area contributed by atoms with E-state index in [1.807, 2.05) is 13.8 Å². The number of nitrogens with zero attached hydrogens (tertiary/aromatic N) is 4. The first-order chi connectivity index (χ1) is 11.3. The van der Waals surface area contributed by atoms with Crippen molar-refractivity contribution in [3.8, 4) is 0 Å². The molecule has 1 aromatic rings. The normalized spacial score (nSPS) is 16.4. The lowest BCUT2D eigenvalue weighted by Gasteiger charge is -2.35. The number of halogens is 1. The number of aromatic nitrogens is 2. The molecule has 1 aromatic heterocycles. The molecule has 0 bridgehead atoms. The van der Waals surface area contributed by atoms with Crippen LogP contribution in [0.25, 0.3) is 0 Å². The second-order valence-corrected chi connectivity index (χ2v) is 7.82. The van der Waals surface area contributed by atoms with E-state index in [9.17, 15) is 4.79 Å². The third-order valence-corrected chi connectivity index (χ3v) is 5.08. The second-order valence-electron chi connectivity index (χ2n) is 6.49. The van der Waals surface area contributed by atoms with Crippen molar-refractivity contribution in [3.63, 3.8) is 0 Å². The van der Waals surface area contributed by atoms with E-state index in [0.717, 1.165) is 31.7 Å². The van der Waals surface area contributed by atoms with Gasteiger partial charge >= 0.3 is 0 Å². The molecule has 1 saturated heterocycles. The van der Waals surface area contributed by atoms with Gasteiger partial charge in [-0.2, -0.15) is 0 Å². The Morgan fingerprint density at radius 1 is 1.46 bits per heavy atom. The Balaban J connectivity index is 2.01. The van der Waals surface area contributed by atoms with Gasteiger partial charge in [-0.25, -0.2) is 9.97 Å². The number of hydrogen-bond acceptors (Lipinski definition) is 6. The molecule has 2 rings (SSSR count). The molecule has 0 aromatic carbocycles. The predicted octanol–water partition coefficient (Wildman–Crippen LogP) is 2.28. The van der Waals surface area contributed by atoms with Crippen molar-refractivity contribution in [2.75, 3.05) is 37.8 Å². The van der Waals surface area contributed by atoms with Crippen molar-refractivity contribution in [2.45, 2.75) is 43.9 Å². The van der Waals surface area contributed by atoms with Crippen LogP contribution in [-0.4, -0.2) is 65.8 Å². The molecule has 0 atom stereocenters. The van der Waals surface area contributed by atoms with Gasteiger partial charge in [-0.15, -0.1) is 0 Å². The largest absolute Gasteiger partial charge is 0.356 e. The van der Waals surface area contributed by atoms with Gasteiger partial charge < -0.3 is 15.1 Å². The summed E-state index contributed by atoms with van der Waals surface area (Å²) in [6.45, 7) is 6.05.